The van der Waals surface area contributed by atoms with Crippen LogP contribution in [0.3, 0.4) is 0 Å². The van der Waals surface area contributed by atoms with Gasteiger partial charge in [0, 0.05) is 42.0 Å². The summed E-state index contributed by atoms with van der Waals surface area (Å²) >= 11 is 0. The highest BCUT2D eigenvalue weighted by molar-refractivity contribution is 7.84. The summed E-state index contributed by atoms with van der Waals surface area (Å²) in [5.74, 6) is -0.449. The van der Waals surface area contributed by atoms with Crippen LogP contribution in [0.2, 0.25) is 0 Å². The predicted octanol–water partition coefficient (Wildman–Crippen LogP) is 2.42. The topological polar surface area (TPSA) is 71.2 Å². The lowest BCUT2D eigenvalue weighted by molar-refractivity contribution is -0.129. The molecule has 0 bridgehead atoms. The molecule has 0 spiro atoms. The Kier molecular flexibility index (Phi) is 6.76. The van der Waals surface area contributed by atoms with Crippen molar-refractivity contribution in [2.24, 2.45) is 0 Å². The summed E-state index contributed by atoms with van der Waals surface area (Å²) < 4.78 is 49.7. The molecule has 2 aromatic rings. The van der Waals surface area contributed by atoms with E-state index in [1.165, 1.54) is 0 Å². The van der Waals surface area contributed by atoms with Gasteiger partial charge < -0.3 is 10.0 Å². The van der Waals surface area contributed by atoms with Gasteiger partial charge in [-0.1, -0.05) is 0 Å². The van der Waals surface area contributed by atoms with Gasteiger partial charge in [-0.15, -0.1) is 0 Å². The molecule has 0 amide bonds. The molecule has 1 N–H and O–H groups in total. The number of aromatic nitrogens is 3. The van der Waals surface area contributed by atoms with Crippen LogP contribution in [0.4, 0.5) is 18.9 Å². The summed E-state index contributed by atoms with van der Waals surface area (Å²) in [7, 11) is 0.0281. The number of aliphatic hydroxyl groups excluding tert-OH is 1. The second-order valence-corrected chi connectivity index (χ2v) is 7.55. The first-order chi connectivity index (χ1) is 12.2. The lowest BCUT2D eigenvalue weighted by Gasteiger charge is -2.24. The summed E-state index contributed by atoms with van der Waals surface area (Å²) in [5, 5.41) is 14.6. The molecule has 0 fully saturated rings. The molecule has 0 aliphatic carbocycles. The van der Waals surface area contributed by atoms with E-state index >= 15 is 0 Å². The highest BCUT2D eigenvalue weighted by atomic mass is 32.2. The molecule has 26 heavy (non-hydrogen) atoms. The minimum absolute atomic E-state index is 0.00260. The summed E-state index contributed by atoms with van der Waals surface area (Å²) in [4.78, 5) is 5.59. The Morgan fingerprint density at radius 3 is 2.73 bits per heavy atom. The molecule has 0 aromatic carbocycles. The molecular formula is C16H21F3N4O2S. The van der Waals surface area contributed by atoms with E-state index in [9.17, 15) is 22.5 Å². The highest BCUT2D eigenvalue weighted by Crippen LogP contribution is 2.22. The number of hydrogen-bond acceptors (Lipinski definition) is 5. The van der Waals surface area contributed by atoms with Crippen molar-refractivity contribution in [2.45, 2.75) is 32.2 Å². The SMILES string of the molecule is Cc1nn(-c2cccnc2)cc1N(C)C(O)CCS(=O)CCC(F)(F)F. The van der Waals surface area contributed by atoms with Gasteiger partial charge in [-0.25, -0.2) is 4.68 Å². The molecule has 6 nitrogen and oxygen atoms in total. The molecule has 0 saturated carbocycles. The first kappa shape index (κ1) is 20.4. The van der Waals surface area contributed by atoms with Crippen molar-refractivity contribution < 1.29 is 22.5 Å². The van der Waals surface area contributed by atoms with Gasteiger partial charge in [-0.3, -0.25) is 9.19 Å². The van der Waals surface area contributed by atoms with Crippen LogP contribution >= 0.6 is 0 Å². The van der Waals surface area contributed by atoms with Crippen molar-refractivity contribution >= 4 is 16.5 Å². The molecule has 2 heterocycles. The van der Waals surface area contributed by atoms with Crippen LogP contribution in [0.25, 0.3) is 5.69 Å². The number of anilines is 1. The van der Waals surface area contributed by atoms with Crippen LogP contribution in [-0.4, -0.2) is 55.0 Å². The number of nitrogens with zero attached hydrogens (tertiary/aromatic N) is 4. The number of rotatable bonds is 8. The molecule has 2 aromatic heterocycles. The standard InChI is InChI=1S/C16H21F3N4O2S/c1-12-14(11-23(21-12)13-4-3-7-20-10-13)22(2)15(24)5-8-26(25)9-6-16(17,18)19/h3-4,7,10-11,15,24H,5-6,8-9H2,1-2H3. The number of hydrogen-bond donors (Lipinski definition) is 1. The normalized spacial score (nSPS) is 14.2. The molecule has 0 aliphatic heterocycles. The largest absolute Gasteiger partial charge is 0.390 e. The second-order valence-electron chi connectivity index (χ2n) is 5.85. The maximum atomic E-state index is 12.1. The van der Waals surface area contributed by atoms with Gasteiger partial charge in [-0.05, 0) is 19.1 Å². The molecule has 0 radical (unpaired) electrons. The summed E-state index contributed by atoms with van der Waals surface area (Å²) in [6.07, 6.45) is -1.25. The number of halogens is 3. The molecule has 144 valence electrons. The fraction of sp³-hybridized carbons (Fsp3) is 0.500. The van der Waals surface area contributed by atoms with Crippen molar-refractivity contribution in [3.05, 3.63) is 36.4 Å². The van der Waals surface area contributed by atoms with Gasteiger partial charge in [0.05, 0.1) is 35.9 Å². The van der Waals surface area contributed by atoms with Gasteiger partial charge in [0.25, 0.3) is 0 Å². The van der Waals surface area contributed by atoms with E-state index < -0.39 is 35.4 Å². The summed E-state index contributed by atoms with van der Waals surface area (Å²) in [6.45, 7) is 1.78. The van der Waals surface area contributed by atoms with E-state index in [0.29, 0.717) is 11.4 Å². The lowest BCUT2D eigenvalue weighted by Crippen LogP contribution is -2.33. The van der Waals surface area contributed by atoms with Crippen molar-refractivity contribution in [1.29, 1.82) is 0 Å². The van der Waals surface area contributed by atoms with Gasteiger partial charge >= 0.3 is 6.18 Å². The zero-order valence-electron chi connectivity index (χ0n) is 14.5. The summed E-state index contributed by atoms with van der Waals surface area (Å²) in [6, 6.07) is 3.62. The Labute approximate surface area is 152 Å². The molecule has 2 unspecified atom stereocenters. The van der Waals surface area contributed by atoms with Gasteiger partial charge in [0.15, 0.2) is 0 Å². The van der Waals surface area contributed by atoms with E-state index in [0.717, 1.165) is 5.69 Å². The quantitative estimate of drug-likeness (QED) is 0.701. The summed E-state index contributed by atoms with van der Waals surface area (Å²) in [5.41, 5.74) is 2.11. The van der Waals surface area contributed by atoms with Crippen LogP contribution < -0.4 is 4.90 Å². The monoisotopic (exact) mass is 390 g/mol. The third kappa shape index (κ3) is 5.80. The Bertz CT molecular complexity index is 737. The van der Waals surface area contributed by atoms with Crippen molar-refractivity contribution in [1.82, 2.24) is 14.8 Å². The smallest absolute Gasteiger partial charge is 0.374 e. The van der Waals surface area contributed by atoms with Crippen LogP contribution in [0.1, 0.15) is 18.5 Å². The molecular weight excluding hydrogens is 369 g/mol. The number of aliphatic hydroxyl groups is 1. The maximum Gasteiger partial charge on any atom is 0.390 e. The van der Waals surface area contributed by atoms with E-state index in [1.54, 1.807) is 48.2 Å². The van der Waals surface area contributed by atoms with E-state index in [2.05, 4.69) is 10.1 Å². The zero-order valence-corrected chi connectivity index (χ0v) is 15.3. The third-order valence-electron chi connectivity index (χ3n) is 3.83. The average Bonchev–Trinajstić information content (AvgIpc) is 2.99. The van der Waals surface area contributed by atoms with E-state index in [-0.39, 0.29) is 12.2 Å². The van der Waals surface area contributed by atoms with Crippen molar-refractivity contribution in [3.8, 4) is 5.69 Å². The van der Waals surface area contributed by atoms with Crippen LogP contribution in [0.5, 0.6) is 0 Å². The van der Waals surface area contributed by atoms with Crippen molar-refractivity contribution in [3.63, 3.8) is 0 Å². The molecule has 2 rings (SSSR count). The minimum Gasteiger partial charge on any atom is -0.374 e. The maximum absolute atomic E-state index is 12.1. The van der Waals surface area contributed by atoms with Crippen LogP contribution in [0, 0.1) is 6.92 Å². The van der Waals surface area contributed by atoms with E-state index in [4.69, 9.17) is 0 Å². The Hall–Kier alpha value is -1.94. The average molecular weight is 390 g/mol. The number of aryl methyl sites for hydroxylation is 1. The van der Waals surface area contributed by atoms with E-state index in [1.807, 2.05) is 6.07 Å². The first-order valence-electron chi connectivity index (χ1n) is 7.96. The third-order valence-corrected chi connectivity index (χ3v) is 5.18. The van der Waals surface area contributed by atoms with Crippen LogP contribution in [-0.2, 0) is 10.8 Å². The lowest BCUT2D eigenvalue weighted by atomic mass is 10.3. The van der Waals surface area contributed by atoms with Gasteiger partial charge in [-0.2, -0.15) is 18.3 Å². The fourth-order valence-electron chi connectivity index (χ4n) is 2.34. The number of alkyl halides is 3. The van der Waals surface area contributed by atoms with Crippen molar-refractivity contribution in [2.75, 3.05) is 23.5 Å². The highest BCUT2D eigenvalue weighted by Gasteiger charge is 2.27. The molecule has 10 heteroatoms. The molecule has 0 saturated heterocycles. The minimum atomic E-state index is -4.32. The Balaban J connectivity index is 1.95. The van der Waals surface area contributed by atoms with Gasteiger partial charge in [0.2, 0.25) is 0 Å². The first-order valence-corrected chi connectivity index (χ1v) is 9.45. The fourth-order valence-corrected chi connectivity index (χ4v) is 3.48. The zero-order chi connectivity index (χ0) is 19.3. The van der Waals surface area contributed by atoms with Gasteiger partial charge in [0.1, 0.15) is 6.23 Å². The van der Waals surface area contributed by atoms with Crippen LogP contribution in [0.15, 0.2) is 30.7 Å². The molecule has 0 aliphatic rings. The Morgan fingerprint density at radius 1 is 1.38 bits per heavy atom. The Morgan fingerprint density at radius 2 is 2.12 bits per heavy atom. The molecule has 2 atom stereocenters. The predicted molar refractivity (Wildman–Crippen MR) is 93.7 cm³/mol. The number of pyridine rings is 1. The second kappa shape index (κ2) is 8.63.